The summed E-state index contributed by atoms with van der Waals surface area (Å²) in [5, 5.41) is 0. The lowest BCUT2D eigenvalue weighted by atomic mass is 10.3. The van der Waals surface area contributed by atoms with Crippen LogP contribution in [0, 0.1) is 0 Å². The number of sulfone groups is 1. The van der Waals surface area contributed by atoms with Crippen molar-refractivity contribution in [2.75, 3.05) is 38.5 Å². The molecule has 1 saturated heterocycles. The van der Waals surface area contributed by atoms with Crippen LogP contribution in [0.25, 0.3) is 11.0 Å². The van der Waals surface area contributed by atoms with Gasteiger partial charge in [0.15, 0.2) is 9.84 Å². The summed E-state index contributed by atoms with van der Waals surface area (Å²) in [6.45, 7) is 3.07. The van der Waals surface area contributed by atoms with Crippen LogP contribution in [0.4, 0.5) is 4.79 Å². The van der Waals surface area contributed by atoms with Crippen molar-refractivity contribution in [3.63, 3.8) is 0 Å². The van der Waals surface area contributed by atoms with Crippen LogP contribution in [0.3, 0.4) is 0 Å². The number of carbonyl (C=O) groups excluding carboxylic acids is 2. The Morgan fingerprint density at radius 2 is 1.59 bits per heavy atom. The van der Waals surface area contributed by atoms with Crippen molar-refractivity contribution in [1.29, 1.82) is 0 Å². The zero-order chi connectivity index (χ0) is 21.3. The number of piperazine rings is 1. The maximum absolute atomic E-state index is 12.8. The minimum absolute atomic E-state index is 0.00953. The quantitative estimate of drug-likeness (QED) is 0.681. The van der Waals surface area contributed by atoms with Gasteiger partial charge in [-0.1, -0.05) is 0 Å². The Bertz CT molecular complexity index is 1110. The molecule has 0 radical (unpaired) electrons. The van der Waals surface area contributed by atoms with Crippen molar-refractivity contribution in [3.05, 3.63) is 28.7 Å². The number of aromatic nitrogens is 2. The number of amides is 2. The average molecular weight is 424 g/mol. The Morgan fingerprint density at radius 3 is 2.21 bits per heavy atom. The van der Waals surface area contributed by atoms with Crippen LogP contribution < -0.4 is 5.69 Å². The molecule has 1 fully saturated rings. The maximum atomic E-state index is 12.8. The highest BCUT2D eigenvalue weighted by Crippen LogP contribution is 2.19. The van der Waals surface area contributed by atoms with Gasteiger partial charge >= 0.3 is 11.8 Å². The van der Waals surface area contributed by atoms with Crippen LogP contribution in [0.1, 0.15) is 6.92 Å². The van der Waals surface area contributed by atoms with Gasteiger partial charge in [-0.2, -0.15) is 0 Å². The number of nitrogens with zero attached hydrogens (tertiary/aromatic N) is 4. The Morgan fingerprint density at radius 1 is 1.00 bits per heavy atom. The average Bonchev–Trinajstić information content (AvgIpc) is 2.92. The van der Waals surface area contributed by atoms with E-state index in [1.54, 1.807) is 27.1 Å². The van der Waals surface area contributed by atoms with E-state index in [4.69, 9.17) is 4.74 Å². The second-order valence-electron chi connectivity index (χ2n) is 6.88. The summed E-state index contributed by atoms with van der Waals surface area (Å²) in [4.78, 5) is 39.2. The van der Waals surface area contributed by atoms with E-state index in [0.29, 0.717) is 24.1 Å². The predicted octanol–water partition coefficient (Wildman–Crippen LogP) is -0.0486. The Hall–Kier alpha value is -2.82. The highest BCUT2D eigenvalue weighted by atomic mass is 32.2. The Balaban J connectivity index is 1.72. The van der Waals surface area contributed by atoms with Gasteiger partial charge in [-0.05, 0) is 25.1 Å². The molecule has 2 heterocycles. The van der Waals surface area contributed by atoms with E-state index in [1.807, 2.05) is 0 Å². The fourth-order valence-electron chi connectivity index (χ4n) is 3.37. The molecular weight excluding hydrogens is 400 g/mol. The lowest BCUT2D eigenvalue weighted by Gasteiger charge is -2.34. The number of rotatable bonds is 4. The van der Waals surface area contributed by atoms with Crippen LogP contribution in [0.5, 0.6) is 0 Å². The molecule has 2 amide bonds. The minimum atomic E-state index is -3.88. The third-order valence-electron chi connectivity index (χ3n) is 5.07. The van der Waals surface area contributed by atoms with Crippen molar-refractivity contribution < 1.29 is 22.7 Å². The molecule has 10 nitrogen and oxygen atoms in total. The molecule has 0 unspecified atom stereocenters. The number of carbonyl (C=O) groups is 2. The third kappa shape index (κ3) is 4.00. The van der Waals surface area contributed by atoms with Crippen molar-refractivity contribution in [3.8, 4) is 0 Å². The van der Waals surface area contributed by atoms with Crippen LogP contribution in [-0.2, 0) is 33.5 Å². The monoisotopic (exact) mass is 424 g/mol. The van der Waals surface area contributed by atoms with Crippen molar-refractivity contribution >= 4 is 32.9 Å². The molecular formula is C18H24N4O6S. The number of hydrogen-bond acceptors (Lipinski definition) is 6. The molecule has 158 valence electrons. The van der Waals surface area contributed by atoms with E-state index in [9.17, 15) is 22.8 Å². The Kier molecular flexibility index (Phi) is 5.69. The van der Waals surface area contributed by atoms with Crippen molar-refractivity contribution in [2.45, 2.75) is 11.8 Å². The minimum Gasteiger partial charge on any atom is -0.450 e. The van der Waals surface area contributed by atoms with Gasteiger partial charge in [-0.25, -0.2) is 18.0 Å². The van der Waals surface area contributed by atoms with E-state index < -0.39 is 27.6 Å². The van der Waals surface area contributed by atoms with Gasteiger partial charge in [0.2, 0.25) is 5.91 Å². The number of benzene rings is 1. The summed E-state index contributed by atoms with van der Waals surface area (Å²) in [5.41, 5.74) is 0.831. The second kappa shape index (κ2) is 7.90. The molecule has 11 heteroatoms. The van der Waals surface area contributed by atoms with E-state index in [1.165, 1.54) is 31.1 Å². The first kappa shape index (κ1) is 20.9. The van der Waals surface area contributed by atoms with E-state index in [2.05, 4.69) is 0 Å². The Labute approximate surface area is 168 Å². The summed E-state index contributed by atoms with van der Waals surface area (Å²) < 4.78 is 33.3. The summed E-state index contributed by atoms with van der Waals surface area (Å²) >= 11 is 0. The molecule has 0 saturated carbocycles. The van der Waals surface area contributed by atoms with Crippen molar-refractivity contribution in [2.24, 2.45) is 14.1 Å². The smallest absolute Gasteiger partial charge is 0.409 e. The number of aryl methyl sites for hydroxylation is 2. The van der Waals surface area contributed by atoms with Gasteiger partial charge in [0.05, 0.1) is 22.5 Å². The first-order valence-electron chi connectivity index (χ1n) is 9.23. The first-order valence-corrected chi connectivity index (χ1v) is 10.9. The van der Waals surface area contributed by atoms with Crippen LogP contribution in [-0.4, -0.2) is 77.9 Å². The normalized spacial score (nSPS) is 15.0. The van der Waals surface area contributed by atoms with Gasteiger partial charge < -0.3 is 14.5 Å². The molecule has 0 N–H and O–H groups in total. The summed E-state index contributed by atoms with van der Waals surface area (Å²) in [5.74, 6) is -1.19. The van der Waals surface area contributed by atoms with E-state index >= 15 is 0 Å². The summed E-state index contributed by atoms with van der Waals surface area (Å²) in [7, 11) is -0.706. The second-order valence-corrected chi connectivity index (χ2v) is 8.87. The van der Waals surface area contributed by atoms with Crippen molar-refractivity contribution in [1.82, 2.24) is 18.9 Å². The molecule has 2 aromatic rings. The lowest BCUT2D eigenvalue weighted by molar-refractivity contribution is -0.130. The molecule has 0 spiro atoms. The molecule has 1 aromatic carbocycles. The molecule has 0 aliphatic carbocycles. The zero-order valence-corrected chi connectivity index (χ0v) is 17.4. The topological polar surface area (TPSA) is 111 Å². The standard InChI is InChI=1S/C18H24N4O6S/c1-4-28-18(25)22-9-7-21(8-10-22)16(23)12-29(26,27)13-5-6-14-15(11-13)20(3)17(24)19(14)2/h5-6,11H,4,7-10,12H2,1-3H3. The fourth-order valence-corrected chi connectivity index (χ4v) is 4.61. The fraction of sp³-hybridized carbons (Fsp3) is 0.500. The molecule has 0 atom stereocenters. The van der Waals surface area contributed by atoms with Gasteiger partial charge in [0.1, 0.15) is 5.75 Å². The SMILES string of the molecule is CCOC(=O)N1CCN(C(=O)CS(=O)(=O)c2ccc3c(c2)n(C)c(=O)n3C)CC1. The van der Waals surface area contributed by atoms with Gasteiger partial charge in [-0.15, -0.1) is 0 Å². The third-order valence-corrected chi connectivity index (χ3v) is 6.67. The van der Waals surface area contributed by atoms with Gasteiger partial charge in [0.25, 0.3) is 0 Å². The van der Waals surface area contributed by atoms with Gasteiger partial charge in [0, 0.05) is 40.3 Å². The van der Waals surface area contributed by atoms with Crippen LogP contribution >= 0.6 is 0 Å². The molecule has 1 aromatic heterocycles. The highest BCUT2D eigenvalue weighted by Gasteiger charge is 2.28. The number of imidazole rings is 1. The summed E-state index contributed by atoms with van der Waals surface area (Å²) in [6, 6.07) is 4.38. The largest absolute Gasteiger partial charge is 0.450 e. The first-order chi connectivity index (χ1) is 13.7. The van der Waals surface area contributed by atoms with E-state index in [0.717, 1.165) is 0 Å². The zero-order valence-electron chi connectivity index (χ0n) is 16.6. The molecule has 3 rings (SSSR count). The molecule has 1 aliphatic heterocycles. The number of ether oxygens (including phenoxy) is 1. The lowest BCUT2D eigenvalue weighted by Crippen LogP contribution is -2.51. The number of hydrogen-bond donors (Lipinski definition) is 0. The van der Waals surface area contributed by atoms with E-state index in [-0.39, 0.29) is 30.3 Å². The van der Waals surface area contributed by atoms with Gasteiger partial charge in [-0.3, -0.25) is 13.9 Å². The molecule has 0 bridgehead atoms. The predicted molar refractivity (Wildman–Crippen MR) is 105 cm³/mol. The molecule has 29 heavy (non-hydrogen) atoms. The summed E-state index contributed by atoms with van der Waals surface area (Å²) in [6.07, 6.45) is -0.436. The van der Waals surface area contributed by atoms with Crippen LogP contribution in [0.15, 0.2) is 27.9 Å². The number of fused-ring (bicyclic) bond motifs is 1. The molecule has 1 aliphatic rings. The van der Waals surface area contributed by atoms with Crippen LogP contribution in [0.2, 0.25) is 0 Å². The highest BCUT2D eigenvalue weighted by molar-refractivity contribution is 7.92. The maximum Gasteiger partial charge on any atom is 0.409 e.